The number of nitrogens with two attached hydrogens (primary N) is 2. The first-order chi connectivity index (χ1) is 16.3. The molecule has 5 N–H and O–H groups in total. The highest BCUT2D eigenvalue weighted by molar-refractivity contribution is 7.89. The summed E-state index contributed by atoms with van der Waals surface area (Å²) in [6, 6.07) is 18.7. The second kappa shape index (κ2) is 8.28. The molecule has 10 nitrogen and oxygen atoms in total. The van der Waals surface area contributed by atoms with E-state index in [1.54, 1.807) is 60.7 Å². The molecule has 0 spiro atoms. The number of anilines is 2. The van der Waals surface area contributed by atoms with Gasteiger partial charge in [-0.15, -0.1) is 0 Å². The van der Waals surface area contributed by atoms with Crippen LogP contribution in [-0.2, 0) is 19.7 Å². The van der Waals surface area contributed by atoms with Gasteiger partial charge in [0.25, 0.3) is 5.91 Å². The van der Waals surface area contributed by atoms with E-state index < -0.39 is 16.1 Å². The van der Waals surface area contributed by atoms with Gasteiger partial charge in [0.15, 0.2) is 11.4 Å². The Bertz CT molecular complexity index is 1540. The molecule has 0 saturated heterocycles. The smallest absolute Gasteiger partial charge is 0.268 e. The number of hydrogen-bond donors (Lipinski definition) is 3. The van der Waals surface area contributed by atoms with Crippen molar-refractivity contribution < 1.29 is 22.6 Å². The van der Waals surface area contributed by atoms with Crippen molar-refractivity contribution in [1.82, 2.24) is 5.16 Å². The first-order valence-corrected chi connectivity index (χ1v) is 11.8. The highest BCUT2D eigenvalue weighted by atomic mass is 32.2. The minimum Gasteiger partial charge on any atom is -0.382 e. The van der Waals surface area contributed by atoms with E-state index >= 15 is 0 Å². The van der Waals surface area contributed by atoms with Crippen LogP contribution in [0, 0.1) is 0 Å². The lowest BCUT2D eigenvalue weighted by Crippen LogP contribution is -2.28. The van der Waals surface area contributed by atoms with Crippen LogP contribution >= 0.6 is 0 Å². The quantitative estimate of drug-likeness (QED) is 0.398. The summed E-state index contributed by atoms with van der Waals surface area (Å²) in [5.74, 6) is -0.115. The zero-order valence-electron chi connectivity index (χ0n) is 17.6. The van der Waals surface area contributed by atoms with Crippen molar-refractivity contribution in [2.24, 2.45) is 10.3 Å². The lowest BCUT2D eigenvalue weighted by Gasteiger charge is -2.10. The number of oxime groups is 1. The maximum atomic E-state index is 12.7. The fraction of sp³-hybridized carbons (Fsp3) is 0.0870. The Morgan fingerprint density at radius 3 is 2.53 bits per heavy atom. The lowest BCUT2D eigenvalue weighted by atomic mass is 10.00. The predicted octanol–water partition coefficient (Wildman–Crippen LogP) is 2.86. The van der Waals surface area contributed by atoms with Crippen molar-refractivity contribution in [3.05, 3.63) is 72.3 Å². The summed E-state index contributed by atoms with van der Waals surface area (Å²) < 4.78 is 28.8. The summed E-state index contributed by atoms with van der Waals surface area (Å²) in [6.07, 6.45) is -0.523. The number of nitrogens with zero attached hydrogens (tertiary/aromatic N) is 2. The normalized spacial score (nSPS) is 15.7. The standard InChI is InChI=1S/C23H19N5O5S/c24-22-17-11-15(9-10-19(17)32-28-22)26-23(29)20-12-18(27-33-20)14-7-5-13(6-8-14)16-3-1-2-4-21(16)34(25,30)31/h1-11,20H,12H2,(H2,24,28)(H,26,29)(H2,25,30,31). The number of rotatable bonds is 5. The number of sulfonamides is 1. The molecule has 0 radical (unpaired) electrons. The molecule has 2 heterocycles. The van der Waals surface area contributed by atoms with Gasteiger partial charge in [-0.3, -0.25) is 4.79 Å². The Labute approximate surface area is 194 Å². The van der Waals surface area contributed by atoms with Gasteiger partial charge in [-0.25, -0.2) is 13.6 Å². The van der Waals surface area contributed by atoms with E-state index in [-0.39, 0.29) is 23.0 Å². The average Bonchev–Trinajstić information content (AvgIpc) is 3.46. The molecular formula is C23H19N5O5S. The molecule has 0 bridgehead atoms. The van der Waals surface area contributed by atoms with E-state index in [0.29, 0.717) is 33.5 Å². The number of carbonyl (C=O) groups excluding carboxylic acids is 1. The molecule has 11 heteroatoms. The van der Waals surface area contributed by atoms with Crippen LogP contribution in [0.3, 0.4) is 0 Å². The molecule has 1 aliphatic heterocycles. The number of primary sulfonamides is 1. The number of fused-ring (bicyclic) bond motifs is 1. The Morgan fingerprint density at radius 1 is 1.03 bits per heavy atom. The molecule has 0 aliphatic carbocycles. The van der Waals surface area contributed by atoms with Crippen molar-refractivity contribution in [3.63, 3.8) is 0 Å². The molecule has 4 aromatic rings. The van der Waals surface area contributed by atoms with Gasteiger partial charge < -0.3 is 20.4 Å². The third-order valence-electron chi connectivity index (χ3n) is 5.45. The highest BCUT2D eigenvalue weighted by Gasteiger charge is 2.29. The van der Waals surface area contributed by atoms with Gasteiger partial charge in [0.05, 0.1) is 16.0 Å². The largest absolute Gasteiger partial charge is 0.382 e. The third kappa shape index (κ3) is 4.09. The van der Waals surface area contributed by atoms with E-state index in [2.05, 4.69) is 15.6 Å². The molecular weight excluding hydrogens is 458 g/mol. The van der Waals surface area contributed by atoms with E-state index in [4.69, 9.17) is 20.2 Å². The van der Waals surface area contributed by atoms with E-state index in [0.717, 1.165) is 5.56 Å². The zero-order chi connectivity index (χ0) is 23.9. The van der Waals surface area contributed by atoms with Crippen LogP contribution in [0.25, 0.3) is 22.1 Å². The molecule has 5 rings (SSSR count). The van der Waals surface area contributed by atoms with Crippen LogP contribution in [0.4, 0.5) is 11.5 Å². The third-order valence-corrected chi connectivity index (χ3v) is 6.42. The van der Waals surface area contributed by atoms with Crippen LogP contribution in [0.5, 0.6) is 0 Å². The predicted molar refractivity (Wildman–Crippen MR) is 126 cm³/mol. The molecule has 34 heavy (non-hydrogen) atoms. The van der Waals surface area contributed by atoms with Gasteiger partial charge in [0.1, 0.15) is 0 Å². The van der Waals surface area contributed by atoms with Gasteiger partial charge in [-0.2, -0.15) is 0 Å². The maximum Gasteiger partial charge on any atom is 0.268 e. The molecule has 1 aliphatic rings. The number of carbonyl (C=O) groups is 1. The molecule has 172 valence electrons. The first-order valence-electron chi connectivity index (χ1n) is 10.2. The fourth-order valence-corrected chi connectivity index (χ4v) is 4.50. The van der Waals surface area contributed by atoms with Gasteiger partial charge in [-0.05, 0) is 35.4 Å². The minimum absolute atomic E-state index is 0.0483. The van der Waals surface area contributed by atoms with Gasteiger partial charge in [-0.1, -0.05) is 52.8 Å². The van der Waals surface area contributed by atoms with E-state index in [1.807, 2.05) is 0 Å². The van der Waals surface area contributed by atoms with Crippen molar-refractivity contribution in [2.45, 2.75) is 17.4 Å². The Hall–Kier alpha value is -4.22. The van der Waals surface area contributed by atoms with Gasteiger partial charge >= 0.3 is 0 Å². The Morgan fingerprint density at radius 2 is 1.76 bits per heavy atom. The topological polar surface area (TPSA) is 163 Å². The second-order valence-corrected chi connectivity index (χ2v) is 9.25. The number of amides is 1. The fourth-order valence-electron chi connectivity index (χ4n) is 3.74. The average molecular weight is 478 g/mol. The van der Waals surface area contributed by atoms with Crippen molar-refractivity contribution >= 4 is 44.1 Å². The molecule has 3 aromatic carbocycles. The van der Waals surface area contributed by atoms with Crippen LogP contribution in [-0.4, -0.2) is 31.3 Å². The summed E-state index contributed by atoms with van der Waals surface area (Å²) >= 11 is 0. The van der Waals surface area contributed by atoms with Crippen LogP contribution in [0.2, 0.25) is 0 Å². The number of nitrogens with one attached hydrogen (secondary N) is 1. The van der Waals surface area contributed by atoms with Crippen LogP contribution in [0.1, 0.15) is 12.0 Å². The van der Waals surface area contributed by atoms with Crippen LogP contribution in [0.15, 0.2) is 81.3 Å². The SMILES string of the molecule is Nc1noc2ccc(NC(=O)C3CC(c4ccc(-c5ccccc5S(N)(=O)=O)cc4)=NO3)cc12. The number of hydrogen-bond acceptors (Lipinski definition) is 8. The molecule has 0 saturated carbocycles. The molecule has 1 amide bonds. The number of benzene rings is 3. The molecule has 0 fully saturated rings. The summed E-state index contributed by atoms with van der Waals surface area (Å²) in [7, 11) is -3.87. The monoisotopic (exact) mass is 477 g/mol. The van der Waals surface area contributed by atoms with Gasteiger partial charge in [0.2, 0.25) is 16.1 Å². The van der Waals surface area contributed by atoms with Crippen molar-refractivity contribution in [1.29, 1.82) is 0 Å². The summed E-state index contributed by atoms with van der Waals surface area (Å²) in [5, 5.41) is 16.5. The highest BCUT2D eigenvalue weighted by Crippen LogP contribution is 2.28. The number of nitrogen functional groups attached to an aromatic ring is 1. The van der Waals surface area contributed by atoms with Crippen molar-refractivity contribution in [2.75, 3.05) is 11.1 Å². The maximum absolute atomic E-state index is 12.7. The van der Waals surface area contributed by atoms with E-state index in [1.165, 1.54) is 6.07 Å². The second-order valence-electron chi connectivity index (χ2n) is 7.72. The number of aromatic nitrogens is 1. The summed E-state index contributed by atoms with van der Waals surface area (Å²) in [5.41, 5.74) is 9.36. The Balaban J connectivity index is 1.28. The van der Waals surface area contributed by atoms with Crippen molar-refractivity contribution in [3.8, 4) is 11.1 Å². The van der Waals surface area contributed by atoms with Crippen LogP contribution < -0.4 is 16.2 Å². The first kappa shape index (κ1) is 21.6. The lowest BCUT2D eigenvalue weighted by molar-refractivity contribution is -0.125. The molecule has 1 atom stereocenters. The summed E-state index contributed by atoms with van der Waals surface area (Å²) in [4.78, 5) is 18.1. The Kier molecular flexibility index (Phi) is 5.27. The summed E-state index contributed by atoms with van der Waals surface area (Å²) in [6.45, 7) is 0. The minimum atomic E-state index is -3.87. The molecule has 1 aromatic heterocycles. The van der Waals surface area contributed by atoms with Gasteiger partial charge in [0, 0.05) is 17.7 Å². The van der Waals surface area contributed by atoms with E-state index in [9.17, 15) is 13.2 Å². The molecule has 1 unspecified atom stereocenters. The zero-order valence-corrected chi connectivity index (χ0v) is 18.5.